The summed E-state index contributed by atoms with van der Waals surface area (Å²) in [5, 5.41) is 15.2. The number of aromatic amines is 1. The lowest BCUT2D eigenvalue weighted by molar-refractivity contribution is -0.136. The largest absolute Gasteiger partial charge is 0.481 e. The number of hydrogen-bond acceptors (Lipinski definition) is 3. The number of carboxylic acid groups (broad SMARTS) is 1. The monoisotopic (exact) mass is 281 g/mol. The number of nitrogens with one attached hydrogen (secondary N) is 1. The molecule has 1 aromatic carbocycles. The lowest BCUT2D eigenvalue weighted by atomic mass is 10.2. The zero-order valence-corrected chi connectivity index (χ0v) is 9.73. The minimum Gasteiger partial charge on any atom is -0.481 e. The Hall–Kier alpha value is -1.69. The average Bonchev–Trinajstić information content (AvgIpc) is 2.65. The number of halogens is 1. The Morgan fingerprint density at radius 1 is 1.50 bits per heavy atom. The normalized spacial score (nSPS) is 10.3. The van der Waals surface area contributed by atoms with Crippen molar-refractivity contribution in [3.63, 3.8) is 0 Å². The van der Waals surface area contributed by atoms with Crippen LogP contribution in [-0.2, 0) is 11.2 Å². The van der Waals surface area contributed by atoms with E-state index in [4.69, 9.17) is 5.11 Å². The molecule has 1 heterocycles. The number of aliphatic carboxylic acids is 1. The quantitative estimate of drug-likeness (QED) is 0.900. The third kappa shape index (κ3) is 2.46. The van der Waals surface area contributed by atoms with E-state index in [0.717, 1.165) is 10.0 Å². The van der Waals surface area contributed by atoms with Crippen LogP contribution < -0.4 is 0 Å². The van der Waals surface area contributed by atoms with Crippen molar-refractivity contribution in [3.8, 4) is 11.4 Å². The van der Waals surface area contributed by atoms with Gasteiger partial charge in [0.25, 0.3) is 0 Å². The summed E-state index contributed by atoms with van der Waals surface area (Å²) in [6, 6.07) is 7.49. The van der Waals surface area contributed by atoms with E-state index in [2.05, 4.69) is 31.1 Å². The zero-order valence-electron chi connectivity index (χ0n) is 8.14. The summed E-state index contributed by atoms with van der Waals surface area (Å²) in [6.07, 6.45) is -0.152. The van der Waals surface area contributed by atoms with Crippen LogP contribution >= 0.6 is 15.9 Å². The fourth-order valence-electron chi connectivity index (χ4n) is 1.27. The number of rotatable bonds is 3. The number of benzene rings is 1. The topological polar surface area (TPSA) is 78.9 Å². The second-order valence-electron chi connectivity index (χ2n) is 3.19. The molecule has 0 aliphatic heterocycles. The van der Waals surface area contributed by atoms with Crippen molar-refractivity contribution in [1.82, 2.24) is 15.2 Å². The first-order valence-electron chi connectivity index (χ1n) is 4.54. The van der Waals surface area contributed by atoms with Crippen LogP contribution in [0.15, 0.2) is 28.7 Å². The Labute approximate surface area is 99.7 Å². The van der Waals surface area contributed by atoms with E-state index in [-0.39, 0.29) is 6.42 Å². The first-order chi connectivity index (χ1) is 7.65. The summed E-state index contributed by atoms with van der Waals surface area (Å²) in [4.78, 5) is 14.6. The minimum atomic E-state index is -0.933. The van der Waals surface area contributed by atoms with Gasteiger partial charge in [-0.25, -0.2) is 4.98 Å². The molecule has 0 aliphatic carbocycles. The lowest BCUT2D eigenvalue weighted by Gasteiger charge is -1.94. The smallest absolute Gasteiger partial charge is 0.311 e. The highest BCUT2D eigenvalue weighted by molar-refractivity contribution is 9.10. The summed E-state index contributed by atoms with van der Waals surface area (Å²) in [5.41, 5.74) is 0.835. The van der Waals surface area contributed by atoms with Gasteiger partial charge >= 0.3 is 5.97 Å². The van der Waals surface area contributed by atoms with Crippen molar-refractivity contribution in [2.45, 2.75) is 6.42 Å². The number of carboxylic acids is 1. The van der Waals surface area contributed by atoms with Crippen LogP contribution in [0, 0.1) is 0 Å². The molecule has 0 atom stereocenters. The van der Waals surface area contributed by atoms with Crippen molar-refractivity contribution < 1.29 is 9.90 Å². The summed E-state index contributed by atoms with van der Waals surface area (Å²) < 4.78 is 0.926. The zero-order chi connectivity index (χ0) is 11.5. The van der Waals surface area contributed by atoms with Gasteiger partial charge in [0.05, 0.1) is 0 Å². The maximum absolute atomic E-state index is 10.5. The predicted octanol–water partition coefficient (Wildman–Crippen LogP) is 1.86. The number of H-pyrrole nitrogens is 1. The summed E-state index contributed by atoms with van der Waals surface area (Å²) in [5.74, 6) is -0.0861. The van der Waals surface area contributed by atoms with Crippen LogP contribution in [0.4, 0.5) is 0 Å². The molecule has 5 nitrogen and oxygen atoms in total. The molecule has 0 radical (unpaired) electrons. The van der Waals surface area contributed by atoms with Gasteiger partial charge < -0.3 is 5.11 Å². The first-order valence-corrected chi connectivity index (χ1v) is 5.33. The Bertz CT molecular complexity index is 524. The molecule has 0 fully saturated rings. The van der Waals surface area contributed by atoms with Gasteiger partial charge in [0.15, 0.2) is 5.82 Å². The molecule has 0 bridgehead atoms. The van der Waals surface area contributed by atoms with Crippen molar-refractivity contribution in [3.05, 3.63) is 34.6 Å². The molecule has 0 aliphatic rings. The molecule has 16 heavy (non-hydrogen) atoms. The SMILES string of the molecule is O=C(O)Cc1nc(-c2cccc(Br)c2)n[nH]1. The number of nitrogens with zero attached hydrogens (tertiary/aromatic N) is 2. The van der Waals surface area contributed by atoms with E-state index >= 15 is 0 Å². The maximum atomic E-state index is 10.5. The second-order valence-corrected chi connectivity index (χ2v) is 4.10. The van der Waals surface area contributed by atoms with E-state index in [9.17, 15) is 4.79 Å². The van der Waals surface area contributed by atoms with Gasteiger partial charge in [0.2, 0.25) is 0 Å². The van der Waals surface area contributed by atoms with Crippen molar-refractivity contribution >= 4 is 21.9 Å². The van der Waals surface area contributed by atoms with Crippen molar-refractivity contribution in [1.29, 1.82) is 0 Å². The van der Waals surface area contributed by atoms with Gasteiger partial charge in [-0.15, -0.1) is 0 Å². The van der Waals surface area contributed by atoms with Gasteiger partial charge in [-0.05, 0) is 12.1 Å². The second kappa shape index (κ2) is 4.44. The molecule has 6 heteroatoms. The average molecular weight is 282 g/mol. The van der Waals surface area contributed by atoms with Gasteiger partial charge in [0.1, 0.15) is 12.2 Å². The van der Waals surface area contributed by atoms with Crippen LogP contribution in [0.5, 0.6) is 0 Å². The van der Waals surface area contributed by atoms with Crippen LogP contribution in [0.1, 0.15) is 5.82 Å². The number of carbonyl (C=O) groups is 1. The molecule has 0 amide bonds. The molecular weight excluding hydrogens is 274 g/mol. The molecule has 2 N–H and O–H groups in total. The van der Waals surface area contributed by atoms with Crippen LogP contribution in [0.25, 0.3) is 11.4 Å². The Balaban J connectivity index is 2.28. The minimum absolute atomic E-state index is 0.152. The molecule has 0 spiro atoms. The van der Waals surface area contributed by atoms with E-state index in [1.54, 1.807) is 0 Å². The fraction of sp³-hybridized carbons (Fsp3) is 0.100. The van der Waals surface area contributed by atoms with Gasteiger partial charge in [-0.3, -0.25) is 9.89 Å². The summed E-state index contributed by atoms with van der Waals surface area (Å²) >= 11 is 3.35. The molecule has 2 rings (SSSR count). The van der Waals surface area contributed by atoms with Crippen molar-refractivity contribution in [2.75, 3.05) is 0 Å². The Kier molecular flexibility index (Phi) is 3.00. The van der Waals surface area contributed by atoms with E-state index in [1.807, 2.05) is 24.3 Å². The van der Waals surface area contributed by atoms with Gasteiger partial charge in [-0.1, -0.05) is 28.1 Å². The molecule has 1 aromatic heterocycles. The maximum Gasteiger partial charge on any atom is 0.311 e. The summed E-state index contributed by atoms with van der Waals surface area (Å²) in [6.45, 7) is 0. The van der Waals surface area contributed by atoms with E-state index in [0.29, 0.717) is 11.6 Å². The van der Waals surface area contributed by atoms with Crippen LogP contribution in [0.3, 0.4) is 0 Å². The standard InChI is InChI=1S/C10H8BrN3O2/c11-7-3-1-2-6(4-7)10-12-8(13-14-10)5-9(15)16/h1-4H,5H2,(H,15,16)(H,12,13,14). The Morgan fingerprint density at radius 3 is 3.00 bits per heavy atom. The van der Waals surface area contributed by atoms with E-state index < -0.39 is 5.97 Å². The molecular formula is C10H8BrN3O2. The highest BCUT2D eigenvalue weighted by atomic mass is 79.9. The highest BCUT2D eigenvalue weighted by Gasteiger charge is 2.08. The number of aromatic nitrogens is 3. The number of hydrogen-bond donors (Lipinski definition) is 2. The molecule has 0 unspecified atom stereocenters. The highest BCUT2D eigenvalue weighted by Crippen LogP contribution is 2.19. The molecule has 0 saturated carbocycles. The van der Waals surface area contributed by atoms with Crippen molar-refractivity contribution in [2.24, 2.45) is 0 Å². The molecule has 0 saturated heterocycles. The van der Waals surface area contributed by atoms with Gasteiger partial charge in [-0.2, -0.15) is 5.10 Å². The van der Waals surface area contributed by atoms with E-state index in [1.165, 1.54) is 0 Å². The van der Waals surface area contributed by atoms with Gasteiger partial charge in [0, 0.05) is 10.0 Å². The Morgan fingerprint density at radius 2 is 2.31 bits per heavy atom. The lowest BCUT2D eigenvalue weighted by Crippen LogP contribution is -2.01. The third-order valence-electron chi connectivity index (χ3n) is 1.93. The molecule has 82 valence electrons. The van der Waals surface area contributed by atoms with Crippen LogP contribution in [0.2, 0.25) is 0 Å². The third-order valence-corrected chi connectivity index (χ3v) is 2.43. The predicted molar refractivity (Wildman–Crippen MR) is 60.9 cm³/mol. The molecule has 2 aromatic rings. The fourth-order valence-corrected chi connectivity index (χ4v) is 1.67. The summed E-state index contributed by atoms with van der Waals surface area (Å²) in [7, 11) is 0. The van der Waals surface area contributed by atoms with Crippen LogP contribution in [-0.4, -0.2) is 26.3 Å². The first kappa shape index (κ1) is 10.8.